The molecular weight excluding hydrogens is 268 g/mol. The Morgan fingerprint density at radius 3 is 2.57 bits per heavy atom. The van der Waals surface area contributed by atoms with E-state index in [0.29, 0.717) is 37.3 Å². The predicted molar refractivity (Wildman–Crippen MR) is 81.0 cm³/mol. The fourth-order valence-electron chi connectivity index (χ4n) is 2.61. The van der Waals surface area contributed by atoms with Crippen molar-refractivity contribution in [1.29, 1.82) is 0 Å². The molecule has 6 nitrogen and oxygen atoms in total. The molecule has 0 radical (unpaired) electrons. The van der Waals surface area contributed by atoms with E-state index in [1.54, 1.807) is 0 Å². The van der Waals surface area contributed by atoms with Gasteiger partial charge >= 0.3 is 0 Å². The molecule has 1 atom stereocenters. The smallest absolute Gasteiger partial charge is 0.282 e. The Bertz CT molecular complexity index is 441. The number of amides is 1. The molecule has 0 unspecified atom stereocenters. The van der Waals surface area contributed by atoms with E-state index in [4.69, 9.17) is 16.2 Å². The summed E-state index contributed by atoms with van der Waals surface area (Å²) in [6, 6.07) is 9.25. The predicted octanol–water partition coefficient (Wildman–Crippen LogP) is -0.607. The molecule has 0 bridgehead atoms. The molecule has 1 amide bonds. The van der Waals surface area contributed by atoms with Crippen molar-refractivity contribution in [3.8, 4) is 0 Å². The average molecular weight is 293 g/mol. The molecule has 1 saturated heterocycles. The van der Waals surface area contributed by atoms with Crippen LogP contribution in [0.25, 0.3) is 0 Å². The molecule has 6 heteroatoms. The van der Waals surface area contributed by atoms with Crippen molar-refractivity contribution in [3.05, 3.63) is 35.9 Å². The number of carbonyl (C=O) groups excluding carboxylic acids is 1. The van der Waals surface area contributed by atoms with Crippen LogP contribution in [0.3, 0.4) is 0 Å². The largest absolute Gasteiger partial charge is 0.370 e. The van der Waals surface area contributed by atoms with Crippen LogP contribution in [0, 0.1) is 0 Å². The van der Waals surface area contributed by atoms with E-state index < -0.39 is 6.04 Å². The number of nitrogens with one attached hydrogen (secondary N) is 1. The number of rotatable bonds is 6. The minimum absolute atomic E-state index is 0.130. The molecule has 0 saturated carbocycles. The second kappa shape index (κ2) is 7.51. The van der Waals surface area contributed by atoms with Crippen molar-refractivity contribution in [2.24, 2.45) is 11.5 Å². The highest BCUT2D eigenvalue weighted by molar-refractivity contribution is 5.80. The van der Waals surface area contributed by atoms with Crippen molar-refractivity contribution >= 4 is 5.91 Å². The summed E-state index contributed by atoms with van der Waals surface area (Å²) in [6.45, 7) is 3.96. The SMILES string of the molecule is NCC[N+]1(NC(=O)[C@@H](N)Cc2ccccc2)CCOCC1. The summed E-state index contributed by atoms with van der Waals surface area (Å²) in [5, 5.41) is 0. The number of quaternary nitrogens is 1. The van der Waals surface area contributed by atoms with Crippen LogP contribution in [0.5, 0.6) is 0 Å². The van der Waals surface area contributed by atoms with Gasteiger partial charge in [-0.25, -0.2) is 10.0 Å². The second-order valence-electron chi connectivity index (χ2n) is 5.49. The maximum Gasteiger partial charge on any atom is 0.282 e. The van der Waals surface area contributed by atoms with Gasteiger partial charge in [0.2, 0.25) is 0 Å². The zero-order valence-electron chi connectivity index (χ0n) is 12.3. The molecule has 1 fully saturated rings. The summed E-state index contributed by atoms with van der Waals surface area (Å²) in [5.74, 6) is -0.130. The topological polar surface area (TPSA) is 90.4 Å². The summed E-state index contributed by atoms with van der Waals surface area (Å²) >= 11 is 0. The van der Waals surface area contributed by atoms with Crippen LogP contribution >= 0.6 is 0 Å². The molecule has 116 valence electrons. The number of nitrogens with zero attached hydrogens (tertiary/aromatic N) is 1. The van der Waals surface area contributed by atoms with Gasteiger partial charge in [-0.2, -0.15) is 0 Å². The minimum atomic E-state index is -0.553. The van der Waals surface area contributed by atoms with Crippen molar-refractivity contribution in [2.75, 3.05) is 39.4 Å². The Hall–Kier alpha value is -1.47. The van der Waals surface area contributed by atoms with Crippen molar-refractivity contribution in [3.63, 3.8) is 0 Å². The molecule has 21 heavy (non-hydrogen) atoms. The van der Waals surface area contributed by atoms with Gasteiger partial charge in [-0.05, 0) is 12.0 Å². The number of benzene rings is 1. The van der Waals surface area contributed by atoms with Gasteiger partial charge in [0.15, 0.2) is 0 Å². The van der Waals surface area contributed by atoms with Crippen molar-refractivity contribution in [1.82, 2.24) is 5.43 Å². The van der Waals surface area contributed by atoms with Crippen LogP contribution < -0.4 is 16.9 Å². The van der Waals surface area contributed by atoms with Gasteiger partial charge in [0, 0.05) is 6.54 Å². The first-order chi connectivity index (χ1) is 10.2. The fraction of sp³-hybridized carbons (Fsp3) is 0.533. The Kier molecular flexibility index (Phi) is 5.69. The van der Waals surface area contributed by atoms with Gasteiger partial charge in [0.1, 0.15) is 19.6 Å². The van der Waals surface area contributed by atoms with Gasteiger partial charge in [-0.3, -0.25) is 4.79 Å². The second-order valence-corrected chi connectivity index (χ2v) is 5.49. The third-order valence-corrected chi connectivity index (χ3v) is 3.87. The summed E-state index contributed by atoms with van der Waals surface area (Å²) in [6.07, 6.45) is 0.534. The molecule has 1 aromatic carbocycles. The molecule has 0 aliphatic carbocycles. The summed E-state index contributed by atoms with van der Waals surface area (Å²) in [5.41, 5.74) is 15.8. The lowest BCUT2D eigenvalue weighted by molar-refractivity contribution is -0.966. The molecular formula is C15H25N4O2+. The van der Waals surface area contributed by atoms with Crippen LogP contribution in [0.1, 0.15) is 5.56 Å². The normalized spacial score (nSPS) is 19.0. The van der Waals surface area contributed by atoms with Gasteiger partial charge in [-0.1, -0.05) is 30.3 Å². The summed E-state index contributed by atoms with van der Waals surface area (Å²) in [4.78, 5) is 12.4. The first kappa shape index (κ1) is 15.9. The van der Waals surface area contributed by atoms with E-state index in [2.05, 4.69) is 5.43 Å². The minimum Gasteiger partial charge on any atom is -0.370 e. The molecule has 2 rings (SSSR count). The number of morpholine rings is 1. The van der Waals surface area contributed by atoms with Crippen LogP contribution in [0.4, 0.5) is 0 Å². The number of carbonyl (C=O) groups is 1. The quantitative estimate of drug-likeness (QED) is 0.611. The zero-order chi connectivity index (χ0) is 15.1. The monoisotopic (exact) mass is 293 g/mol. The van der Waals surface area contributed by atoms with E-state index >= 15 is 0 Å². The van der Waals surface area contributed by atoms with E-state index in [9.17, 15) is 4.79 Å². The highest BCUT2D eigenvalue weighted by atomic mass is 16.5. The van der Waals surface area contributed by atoms with Crippen molar-refractivity contribution < 1.29 is 14.1 Å². The first-order valence-corrected chi connectivity index (χ1v) is 7.41. The van der Waals surface area contributed by atoms with Gasteiger partial charge in [0.05, 0.1) is 19.3 Å². The third-order valence-electron chi connectivity index (χ3n) is 3.87. The van der Waals surface area contributed by atoms with Crippen LogP contribution in [0.15, 0.2) is 30.3 Å². The highest BCUT2D eigenvalue weighted by Crippen LogP contribution is 2.08. The van der Waals surface area contributed by atoms with Crippen molar-refractivity contribution in [2.45, 2.75) is 12.5 Å². The Morgan fingerprint density at radius 2 is 1.95 bits per heavy atom. The Balaban J connectivity index is 1.94. The van der Waals surface area contributed by atoms with Gasteiger partial charge in [0.25, 0.3) is 5.91 Å². The zero-order valence-corrected chi connectivity index (χ0v) is 12.3. The number of hydrogen-bond donors (Lipinski definition) is 3. The standard InChI is InChI=1S/C15H24N4O2/c16-6-7-19(8-10-21-11-9-19)18-15(20)14(17)12-13-4-2-1-3-5-13/h1-5,14H,6-12,16-17H2/p+1/t14-/m0/s1. The maximum atomic E-state index is 12.4. The van der Waals surface area contributed by atoms with E-state index in [0.717, 1.165) is 18.7 Å². The lowest BCUT2D eigenvalue weighted by Crippen LogP contribution is -2.68. The molecule has 5 N–H and O–H groups in total. The van der Waals surface area contributed by atoms with Crippen LogP contribution in [0.2, 0.25) is 0 Å². The molecule has 1 heterocycles. The van der Waals surface area contributed by atoms with E-state index in [-0.39, 0.29) is 5.91 Å². The van der Waals surface area contributed by atoms with E-state index in [1.165, 1.54) is 0 Å². The Labute approximate surface area is 125 Å². The lowest BCUT2D eigenvalue weighted by atomic mass is 10.1. The molecule has 1 aliphatic heterocycles. The number of hydrogen-bond acceptors (Lipinski definition) is 4. The third kappa shape index (κ3) is 4.50. The van der Waals surface area contributed by atoms with Gasteiger partial charge < -0.3 is 16.2 Å². The van der Waals surface area contributed by atoms with Crippen LogP contribution in [-0.2, 0) is 16.0 Å². The summed E-state index contributed by atoms with van der Waals surface area (Å²) in [7, 11) is 0. The number of ether oxygens (including phenoxy) is 1. The number of nitrogens with two attached hydrogens (primary N) is 2. The highest BCUT2D eigenvalue weighted by Gasteiger charge is 2.33. The fourth-order valence-corrected chi connectivity index (χ4v) is 2.61. The molecule has 1 aromatic rings. The molecule has 0 spiro atoms. The average Bonchev–Trinajstić information content (AvgIpc) is 2.49. The summed E-state index contributed by atoms with van der Waals surface area (Å²) < 4.78 is 5.84. The molecule has 1 aliphatic rings. The molecule has 0 aromatic heterocycles. The van der Waals surface area contributed by atoms with Crippen LogP contribution in [-0.4, -0.2) is 55.9 Å². The van der Waals surface area contributed by atoms with E-state index in [1.807, 2.05) is 30.3 Å². The van der Waals surface area contributed by atoms with Gasteiger partial charge in [-0.15, -0.1) is 0 Å². The maximum absolute atomic E-state index is 12.4. The first-order valence-electron chi connectivity index (χ1n) is 7.41. The lowest BCUT2D eigenvalue weighted by Gasteiger charge is -2.40. The Morgan fingerprint density at radius 1 is 1.29 bits per heavy atom.